The van der Waals surface area contributed by atoms with Gasteiger partial charge in [0.2, 0.25) is 23.8 Å². The molecule has 2 fully saturated rings. The van der Waals surface area contributed by atoms with E-state index in [0.717, 1.165) is 12.1 Å². The summed E-state index contributed by atoms with van der Waals surface area (Å²) in [6, 6.07) is 8.86. The van der Waals surface area contributed by atoms with Crippen molar-refractivity contribution < 1.29 is 23.5 Å². The number of nitrogens with two attached hydrogens (primary N) is 3. The van der Waals surface area contributed by atoms with E-state index in [0.29, 0.717) is 56.6 Å². The second-order valence-corrected chi connectivity index (χ2v) is 10.8. The first-order chi connectivity index (χ1) is 20.6. The molecule has 2 saturated heterocycles. The summed E-state index contributed by atoms with van der Waals surface area (Å²) >= 11 is 0. The van der Waals surface area contributed by atoms with Gasteiger partial charge in [-0.3, -0.25) is 9.59 Å². The molecule has 2 aliphatic heterocycles. The average molecular weight is 597 g/mol. The lowest BCUT2D eigenvalue weighted by atomic mass is 10.0. The molecular weight excluding hydrogens is 562 g/mol. The summed E-state index contributed by atoms with van der Waals surface area (Å²) in [5, 5.41) is 15.8. The number of aliphatic hydroxyl groups excluding tert-OH is 1. The molecule has 4 atom stereocenters. The molecule has 9 N–H and O–H groups in total. The van der Waals surface area contributed by atoms with E-state index in [1.807, 2.05) is 9.80 Å². The van der Waals surface area contributed by atoms with E-state index in [4.69, 9.17) is 17.2 Å². The van der Waals surface area contributed by atoms with Crippen molar-refractivity contribution in [2.45, 2.75) is 43.5 Å². The van der Waals surface area contributed by atoms with Crippen LogP contribution < -0.4 is 37.6 Å². The Kier molecular flexibility index (Phi) is 9.05. The molecule has 43 heavy (non-hydrogen) atoms. The first kappa shape index (κ1) is 30.2. The van der Waals surface area contributed by atoms with E-state index in [2.05, 4.69) is 25.6 Å². The van der Waals surface area contributed by atoms with Crippen LogP contribution in [0.25, 0.3) is 0 Å². The van der Waals surface area contributed by atoms with Gasteiger partial charge in [0, 0.05) is 67.3 Å². The molecule has 0 saturated carbocycles. The first-order valence-electron chi connectivity index (χ1n) is 13.9. The molecule has 2 aromatic carbocycles. The molecule has 0 spiro atoms. The predicted molar refractivity (Wildman–Crippen MR) is 157 cm³/mol. The van der Waals surface area contributed by atoms with Crippen LogP contribution in [0.4, 0.5) is 38.0 Å². The number of nitrogens with zero attached hydrogens (tertiary/aromatic N) is 5. The van der Waals surface area contributed by atoms with Gasteiger partial charge in [-0.05, 0) is 49.2 Å². The molecule has 1 aromatic heterocycles. The van der Waals surface area contributed by atoms with Crippen LogP contribution >= 0.6 is 0 Å². The van der Waals surface area contributed by atoms with Gasteiger partial charge < -0.3 is 42.7 Å². The minimum Gasteiger partial charge on any atom is -0.391 e. The third-order valence-corrected chi connectivity index (χ3v) is 7.32. The molecule has 0 bridgehead atoms. The van der Waals surface area contributed by atoms with Crippen molar-refractivity contribution in [2.75, 3.05) is 46.6 Å². The Morgan fingerprint density at radius 2 is 1.58 bits per heavy atom. The van der Waals surface area contributed by atoms with Crippen LogP contribution in [0, 0.1) is 11.6 Å². The first-order valence-corrected chi connectivity index (χ1v) is 13.9. The summed E-state index contributed by atoms with van der Waals surface area (Å²) in [4.78, 5) is 42.6. The van der Waals surface area contributed by atoms with Gasteiger partial charge in [-0.2, -0.15) is 15.0 Å². The van der Waals surface area contributed by atoms with Crippen molar-refractivity contribution in [2.24, 2.45) is 17.2 Å². The van der Waals surface area contributed by atoms with Crippen LogP contribution in [0.1, 0.15) is 29.6 Å². The number of aliphatic hydroxyl groups is 1. The molecule has 15 heteroatoms. The van der Waals surface area contributed by atoms with Crippen molar-refractivity contribution in [3.63, 3.8) is 0 Å². The van der Waals surface area contributed by atoms with Crippen molar-refractivity contribution in [3.05, 3.63) is 59.7 Å². The van der Waals surface area contributed by atoms with Crippen molar-refractivity contribution in [1.29, 1.82) is 0 Å². The minimum absolute atomic E-state index is 0.0436. The third kappa shape index (κ3) is 7.37. The Hall–Kier alpha value is -4.31. The van der Waals surface area contributed by atoms with E-state index in [-0.39, 0.29) is 35.3 Å². The lowest BCUT2D eigenvalue weighted by Crippen LogP contribution is -2.53. The standard InChI is InChI=1S/C28H34F2N10O3/c29-22-6-5-19(8-23(22)30)34-25(43)10-24(42)15-1-3-18(4-2-15)35-26-36-27(39-12-16(32)7-17(33)13-39)38-28(37-26)40-14-21(41)9-20(40)11-31/h1-6,8,16-17,20-21,41H,7,9-14,31-33H2,(H,34,43)(H,35,36,37,38)/t16-,17+,20-,21+/m0/s1. The second kappa shape index (κ2) is 12.9. The zero-order valence-corrected chi connectivity index (χ0v) is 23.3. The number of rotatable bonds is 9. The van der Waals surface area contributed by atoms with E-state index < -0.39 is 35.8 Å². The quantitative estimate of drug-likeness (QED) is 0.151. The Labute approximate surface area is 246 Å². The van der Waals surface area contributed by atoms with Crippen LogP contribution in [0.2, 0.25) is 0 Å². The molecule has 3 heterocycles. The fourth-order valence-corrected chi connectivity index (χ4v) is 5.28. The zero-order valence-electron chi connectivity index (χ0n) is 23.3. The fourth-order valence-electron chi connectivity index (χ4n) is 5.28. The van der Waals surface area contributed by atoms with Gasteiger partial charge in [-0.15, -0.1) is 0 Å². The van der Waals surface area contributed by atoms with Gasteiger partial charge in [0.15, 0.2) is 17.4 Å². The van der Waals surface area contributed by atoms with Crippen molar-refractivity contribution >= 4 is 40.9 Å². The Bertz CT molecular complexity index is 1470. The molecule has 0 radical (unpaired) electrons. The van der Waals surface area contributed by atoms with Crippen LogP contribution in [0.5, 0.6) is 0 Å². The number of halogens is 2. The summed E-state index contributed by atoms with van der Waals surface area (Å²) < 4.78 is 26.5. The predicted octanol–water partition coefficient (Wildman–Crippen LogP) is 0.868. The number of carbonyl (C=O) groups excluding carboxylic acids is 2. The number of hydrogen-bond acceptors (Lipinski definition) is 12. The highest BCUT2D eigenvalue weighted by molar-refractivity contribution is 6.11. The molecule has 5 rings (SSSR count). The monoisotopic (exact) mass is 596 g/mol. The van der Waals surface area contributed by atoms with E-state index in [9.17, 15) is 23.5 Å². The number of amides is 1. The summed E-state index contributed by atoms with van der Waals surface area (Å²) in [7, 11) is 0. The van der Waals surface area contributed by atoms with Gasteiger partial charge in [-0.1, -0.05) is 0 Å². The number of Topliss-reactive ketones (excluding diaryl/α,β-unsaturated/α-hetero) is 1. The zero-order chi connectivity index (χ0) is 30.7. The smallest absolute Gasteiger partial charge is 0.233 e. The summed E-state index contributed by atoms with van der Waals surface area (Å²) in [6.07, 6.45) is 0.125. The van der Waals surface area contributed by atoms with Gasteiger partial charge in [0.05, 0.1) is 12.5 Å². The number of hydrogen-bond donors (Lipinski definition) is 6. The SMILES string of the molecule is NC[C@@H]1C[C@@H](O)CN1c1nc(Nc2ccc(C(=O)CC(=O)Nc3ccc(F)c(F)c3)cc2)nc(N2C[C@H](N)C[C@H](N)C2)n1. The van der Waals surface area contributed by atoms with Crippen LogP contribution in [0.15, 0.2) is 42.5 Å². The van der Waals surface area contributed by atoms with Gasteiger partial charge in [0.25, 0.3) is 0 Å². The molecular formula is C28H34F2N10O3. The van der Waals surface area contributed by atoms with Crippen LogP contribution in [-0.4, -0.2) is 82.2 Å². The van der Waals surface area contributed by atoms with E-state index in [1.165, 1.54) is 6.07 Å². The second-order valence-electron chi connectivity index (χ2n) is 10.8. The van der Waals surface area contributed by atoms with E-state index >= 15 is 0 Å². The number of anilines is 5. The topological polar surface area (TPSA) is 202 Å². The van der Waals surface area contributed by atoms with Crippen LogP contribution in [-0.2, 0) is 4.79 Å². The maximum absolute atomic E-state index is 13.4. The minimum atomic E-state index is -1.11. The lowest BCUT2D eigenvalue weighted by molar-refractivity contribution is -0.115. The lowest BCUT2D eigenvalue weighted by Gasteiger charge is -2.35. The number of ketones is 1. The Balaban J connectivity index is 1.31. The molecule has 3 aromatic rings. The number of β-amino-alcohol motifs (C(OH)–C–C–N with tert-alkyl or cyclic N) is 1. The molecule has 13 nitrogen and oxygen atoms in total. The molecule has 1 amide bonds. The highest BCUT2D eigenvalue weighted by Gasteiger charge is 2.33. The average Bonchev–Trinajstić information content (AvgIpc) is 3.35. The molecule has 228 valence electrons. The highest BCUT2D eigenvalue weighted by Crippen LogP contribution is 2.27. The normalized spacial score (nSPS) is 22.0. The fraction of sp³-hybridized carbons (Fsp3) is 0.393. The van der Waals surface area contributed by atoms with Gasteiger partial charge in [0.1, 0.15) is 0 Å². The summed E-state index contributed by atoms with van der Waals surface area (Å²) in [6.45, 7) is 1.67. The van der Waals surface area contributed by atoms with Gasteiger partial charge in [-0.25, -0.2) is 8.78 Å². The van der Waals surface area contributed by atoms with E-state index in [1.54, 1.807) is 24.3 Å². The number of carbonyl (C=O) groups is 2. The molecule has 0 unspecified atom stereocenters. The Morgan fingerprint density at radius 1 is 0.907 bits per heavy atom. The van der Waals surface area contributed by atoms with Gasteiger partial charge >= 0.3 is 0 Å². The highest BCUT2D eigenvalue weighted by atomic mass is 19.2. The number of piperidine rings is 1. The summed E-state index contributed by atoms with van der Waals surface area (Å²) in [5.74, 6) is -2.31. The van der Waals surface area contributed by atoms with Crippen molar-refractivity contribution in [1.82, 2.24) is 15.0 Å². The summed E-state index contributed by atoms with van der Waals surface area (Å²) in [5.41, 5.74) is 19.2. The largest absolute Gasteiger partial charge is 0.391 e. The molecule has 2 aliphatic rings. The number of aromatic nitrogens is 3. The molecule has 0 aliphatic carbocycles. The third-order valence-electron chi connectivity index (χ3n) is 7.32. The Morgan fingerprint density at radius 3 is 2.26 bits per heavy atom. The van der Waals surface area contributed by atoms with Crippen LogP contribution in [0.3, 0.4) is 0 Å². The van der Waals surface area contributed by atoms with Crippen molar-refractivity contribution in [3.8, 4) is 0 Å². The maximum atomic E-state index is 13.4. The number of nitrogens with one attached hydrogen (secondary N) is 2. The maximum Gasteiger partial charge on any atom is 0.233 e. The number of benzene rings is 2.